The van der Waals surface area contributed by atoms with Crippen molar-refractivity contribution >= 4 is 51.6 Å². The molecule has 238 valence electrons. The number of carbonyl (C=O) groups is 2. The summed E-state index contributed by atoms with van der Waals surface area (Å²) in [6.07, 6.45) is 7.25. The zero-order valence-corrected chi connectivity index (χ0v) is 27.2. The van der Waals surface area contributed by atoms with Crippen LogP contribution in [0.4, 0.5) is 5.69 Å². The van der Waals surface area contributed by atoms with E-state index in [9.17, 15) is 14.4 Å². The van der Waals surface area contributed by atoms with Gasteiger partial charge >= 0.3 is 0 Å². The predicted octanol–water partition coefficient (Wildman–Crippen LogP) is 6.80. The fourth-order valence-electron chi connectivity index (χ4n) is 5.52. The van der Waals surface area contributed by atoms with Gasteiger partial charge in [0.2, 0.25) is 11.8 Å². The van der Waals surface area contributed by atoms with Gasteiger partial charge in [-0.15, -0.1) is 0 Å². The van der Waals surface area contributed by atoms with Gasteiger partial charge < -0.3 is 15.0 Å². The summed E-state index contributed by atoms with van der Waals surface area (Å²) in [6.45, 7) is 7.83. The maximum atomic E-state index is 13.1. The van der Waals surface area contributed by atoms with Crippen LogP contribution in [-0.2, 0) is 4.79 Å². The Morgan fingerprint density at radius 2 is 1.68 bits per heavy atom. The molecule has 1 N–H and O–H groups in total. The largest absolute Gasteiger partial charge is 0.494 e. The maximum Gasteiger partial charge on any atom is 0.257 e. The number of fused-ring (bicyclic) bond motifs is 1. The molecule has 2 heterocycles. The lowest BCUT2D eigenvalue weighted by molar-refractivity contribution is -0.121. The zero-order valence-electron chi connectivity index (χ0n) is 25.7. The number of amides is 1. The Hall–Kier alpha value is -3.07. The lowest BCUT2D eigenvalue weighted by atomic mass is 10.1. The molecule has 0 unspecified atom stereocenters. The second-order valence-electron chi connectivity index (χ2n) is 11.3. The Kier molecular flexibility index (Phi) is 13.4. The van der Waals surface area contributed by atoms with Gasteiger partial charge in [0.25, 0.3) is 5.56 Å². The van der Waals surface area contributed by atoms with Gasteiger partial charge in [0, 0.05) is 57.7 Å². The van der Waals surface area contributed by atoms with E-state index in [0.717, 1.165) is 82.3 Å². The summed E-state index contributed by atoms with van der Waals surface area (Å²) < 4.78 is 7.25. The third kappa shape index (κ3) is 9.71. The highest BCUT2D eigenvalue weighted by Crippen LogP contribution is 2.33. The summed E-state index contributed by atoms with van der Waals surface area (Å²) in [6, 6.07) is 14.4. The smallest absolute Gasteiger partial charge is 0.257 e. The van der Waals surface area contributed by atoms with Crippen LogP contribution in [0.2, 0.25) is 10.0 Å². The van der Waals surface area contributed by atoms with Crippen LogP contribution in [0.1, 0.15) is 69.5 Å². The minimum Gasteiger partial charge on any atom is -0.494 e. The van der Waals surface area contributed by atoms with E-state index in [2.05, 4.69) is 22.0 Å². The first-order valence-electron chi connectivity index (χ1n) is 15.9. The van der Waals surface area contributed by atoms with E-state index < -0.39 is 0 Å². The number of rotatable bonds is 16. The lowest BCUT2D eigenvalue weighted by Crippen LogP contribution is -2.46. The number of pyridine rings is 1. The number of carbonyl (C=O) groups excluding carboxylic acids is 2. The quantitative estimate of drug-likeness (QED) is 0.173. The first-order chi connectivity index (χ1) is 21.4. The molecule has 44 heavy (non-hydrogen) atoms. The number of ether oxygens (including phenoxy) is 1. The summed E-state index contributed by atoms with van der Waals surface area (Å²) in [5.41, 5.74) is 1.17. The number of aromatic nitrogens is 1. The highest BCUT2D eigenvalue weighted by Gasteiger charge is 2.19. The summed E-state index contributed by atoms with van der Waals surface area (Å²) in [4.78, 5) is 42.5. The van der Waals surface area contributed by atoms with Crippen molar-refractivity contribution in [2.45, 2.75) is 64.7 Å². The Bertz CT molecular complexity index is 1450. The molecule has 8 nitrogen and oxygen atoms in total. The van der Waals surface area contributed by atoms with Crippen molar-refractivity contribution in [3.8, 4) is 5.75 Å². The molecule has 0 aliphatic carbocycles. The number of nitrogens with zero attached hydrogens (tertiary/aromatic N) is 3. The Morgan fingerprint density at radius 3 is 2.48 bits per heavy atom. The van der Waals surface area contributed by atoms with Crippen molar-refractivity contribution in [2.75, 3.05) is 50.8 Å². The number of anilines is 1. The van der Waals surface area contributed by atoms with Crippen LogP contribution < -0.4 is 20.5 Å². The average Bonchev–Trinajstić information content (AvgIpc) is 3.02. The first kappa shape index (κ1) is 33.8. The number of halogens is 2. The van der Waals surface area contributed by atoms with Crippen LogP contribution in [0, 0.1) is 0 Å². The van der Waals surface area contributed by atoms with Crippen LogP contribution in [0.5, 0.6) is 5.75 Å². The van der Waals surface area contributed by atoms with E-state index in [1.54, 1.807) is 12.1 Å². The standard InChI is InChI=1S/C34H44Cl2N4O4/c1-2-3-4-5-12-31(41)37-18-9-13-32(42)40-30-25-27(16-14-26(30)15-17-33(40)43)44-24-7-6-19-38-20-22-39(23-21-38)29-11-8-10-28(35)34(29)36/h8,10-11,14-17,25H,2-7,9,12-13,18-24H2,1H3,(H,37,41). The third-order valence-corrected chi connectivity index (χ3v) is 8.86. The molecule has 2 aromatic carbocycles. The van der Waals surface area contributed by atoms with Gasteiger partial charge in [0.15, 0.2) is 0 Å². The van der Waals surface area contributed by atoms with Gasteiger partial charge in [-0.05, 0) is 67.9 Å². The summed E-state index contributed by atoms with van der Waals surface area (Å²) in [7, 11) is 0. The number of unbranched alkanes of at least 4 members (excludes halogenated alkanes) is 4. The minimum absolute atomic E-state index is 0.0133. The molecule has 10 heteroatoms. The minimum atomic E-state index is -0.364. The van der Waals surface area contributed by atoms with Gasteiger partial charge in [-0.25, -0.2) is 4.57 Å². The van der Waals surface area contributed by atoms with E-state index in [1.165, 1.54) is 10.6 Å². The molecule has 0 spiro atoms. The molecule has 0 saturated carbocycles. The van der Waals surface area contributed by atoms with E-state index >= 15 is 0 Å². The van der Waals surface area contributed by atoms with Gasteiger partial charge in [0.1, 0.15) is 5.75 Å². The maximum absolute atomic E-state index is 13.1. The number of hydrogen-bond donors (Lipinski definition) is 1. The second-order valence-corrected chi connectivity index (χ2v) is 12.1. The molecule has 1 saturated heterocycles. The first-order valence-corrected chi connectivity index (χ1v) is 16.6. The van der Waals surface area contributed by atoms with Gasteiger partial charge in [-0.1, -0.05) is 55.5 Å². The topological polar surface area (TPSA) is 83.9 Å². The van der Waals surface area contributed by atoms with Crippen molar-refractivity contribution in [3.05, 3.63) is 68.9 Å². The molecule has 1 fully saturated rings. The molecule has 1 aliphatic rings. The Morgan fingerprint density at radius 1 is 0.886 bits per heavy atom. The highest BCUT2D eigenvalue weighted by molar-refractivity contribution is 6.43. The monoisotopic (exact) mass is 642 g/mol. The SMILES string of the molecule is CCCCCCC(=O)NCCCC(=O)n1c(=O)ccc2ccc(OCCCCN3CCN(c4cccc(Cl)c4Cl)CC3)cc21. The van der Waals surface area contributed by atoms with Crippen LogP contribution in [-0.4, -0.2) is 67.2 Å². The molecule has 1 aliphatic heterocycles. The summed E-state index contributed by atoms with van der Waals surface area (Å²) >= 11 is 12.6. The Labute approximate surface area is 270 Å². The third-order valence-electron chi connectivity index (χ3n) is 8.05. The van der Waals surface area contributed by atoms with E-state index in [-0.39, 0.29) is 23.8 Å². The number of hydrogen-bond acceptors (Lipinski definition) is 6. The normalized spacial score (nSPS) is 13.8. The van der Waals surface area contributed by atoms with Crippen LogP contribution in [0.15, 0.2) is 53.3 Å². The molecule has 1 aromatic heterocycles. The average molecular weight is 644 g/mol. The molecule has 3 aromatic rings. The van der Waals surface area contributed by atoms with Crippen molar-refractivity contribution in [2.24, 2.45) is 0 Å². The molecule has 4 rings (SSSR count). The van der Waals surface area contributed by atoms with Crippen LogP contribution in [0.3, 0.4) is 0 Å². The van der Waals surface area contributed by atoms with Gasteiger partial charge in [0.05, 0.1) is 27.9 Å². The molecular weight excluding hydrogens is 599 g/mol. The van der Waals surface area contributed by atoms with Crippen LogP contribution >= 0.6 is 23.2 Å². The zero-order chi connectivity index (χ0) is 31.3. The fourth-order valence-corrected chi connectivity index (χ4v) is 5.93. The predicted molar refractivity (Wildman–Crippen MR) is 180 cm³/mol. The molecule has 0 bridgehead atoms. The molecule has 0 atom stereocenters. The summed E-state index contributed by atoms with van der Waals surface area (Å²) in [5, 5.41) is 4.87. The number of benzene rings is 2. The lowest BCUT2D eigenvalue weighted by Gasteiger charge is -2.36. The van der Waals surface area contributed by atoms with E-state index in [0.29, 0.717) is 47.3 Å². The van der Waals surface area contributed by atoms with Gasteiger partial charge in [-0.3, -0.25) is 19.3 Å². The number of piperazine rings is 1. The van der Waals surface area contributed by atoms with Crippen molar-refractivity contribution in [3.63, 3.8) is 0 Å². The molecule has 1 amide bonds. The van der Waals surface area contributed by atoms with Crippen molar-refractivity contribution < 1.29 is 14.3 Å². The van der Waals surface area contributed by atoms with Crippen molar-refractivity contribution in [1.29, 1.82) is 0 Å². The molecular formula is C34H44Cl2N4O4. The molecule has 0 radical (unpaired) electrons. The van der Waals surface area contributed by atoms with Gasteiger partial charge in [-0.2, -0.15) is 0 Å². The van der Waals surface area contributed by atoms with Crippen LogP contribution in [0.25, 0.3) is 10.9 Å². The van der Waals surface area contributed by atoms with Crippen molar-refractivity contribution in [1.82, 2.24) is 14.8 Å². The second kappa shape index (κ2) is 17.4. The fraction of sp³-hybridized carbons (Fsp3) is 0.500. The highest BCUT2D eigenvalue weighted by atomic mass is 35.5. The summed E-state index contributed by atoms with van der Waals surface area (Å²) in [5.74, 6) is 0.360. The number of nitrogens with one attached hydrogen (secondary N) is 1. The van der Waals surface area contributed by atoms with E-state index in [4.69, 9.17) is 27.9 Å². The van der Waals surface area contributed by atoms with E-state index in [1.807, 2.05) is 30.3 Å². The Balaban J connectivity index is 1.20.